The number of carbonyl (C=O) groups excluding carboxylic acids is 1. The highest BCUT2D eigenvalue weighted by molar-refractivity contribution is 5.95. The van der Waals surface area contributed by atoms with Gasteiger partial charge in [0.2, 0.25) is 0 Å². The molecule has 0 unspecified atom stereocenters. The maximum Gasteiger partial charge on any atom is 0.310 e. The molecule has 0 radical (unpaired) electrons. The number of carbonyl (C=O) groups is 2. The molecule has 3 N–H and O–H groups in total. The zero-order chi connectivity index (χ0) is 15.6. The molecular weight excluding hydrogens is 272 g/mol. The molecule has 0 bridgehead atoms. The molecule has 6 heteroatoms. The fraction of sp³-hybridized carbons (Fsp3) is 0.267. The Bertz CT molecular complexity index is 762. The number of nitrogens with one attached hydrogen (secondary N) is 2. The number of aromatic nitrogens is 1. The van der Waals surface area contributed by atoms with Crippen LogP contribution in [0.25, 0.3) is 10.9 Å². The third-order valence-electron chi connectivity index (χ3n) is 3.25. The maximum atomic E-state index is 12.0. The van der Waals surface area contributed by atoms with Gasteiger partial charge in [0.05, 0.1) is 5.41 Å². The second-order valence-electron chi connectivity index (χ2n) is 5.46. The van der Waals surface area contributed by atoms with E-state index in [1.165, 1.54) is 19.9 Å². The molecule has 0 aliphatic rings. The summed E-state index contributed by atoms with van der Waals surface area (Å²) < 4.78 is 0. The van der Waals surface area contributed by atoms with Crippen molar-refractivity contribution in [3.8, 4) is 0 Å². The van der Waals surface area contributed by atoms with E-state index in [4.69, 9.17) is 5.11 Å². The average molecular weight is 288 g/mol. The van der Waals surface area contributed by atoms with Gasteiger partial charge in [-0.05, 0) is 26.0 Å². The predicted molar refractivity (Wildman–Crippen MR) is 78.3 cm³/mol. The monoisotopic (exact) mass is 288 g/mol. The Labute approximate surface area is 120 Å². The molecule has 0 atom stereocenters. The Morgan fingerprint density at radius 1 is 1.29 bits per heavy atom. The quantitative estimate of drug-likeness (QED) is 0.791. The number of carboxylic acid groups (broad SMARTS) is 1. The average Bonchev–Trinajstić information content (AvgIpc) is 2.44. The lowest BCUT2D eigenvalue weighted by Crippen LogP contribution is -2.39. The van der Waals surface area contributed by atoms with Crippen LogP contribution < -0.4 is 10.7 Å². The lowest BCUT2D eigenvalue weighted by Gasteiger charge is -2.19. The summed E-state index contributed by atoms with van der Waals surface area (Å²) in [4.78, 5) is 37.8. The van der Waals surface area contributed by atoms with Crippen LogP contribution in [0.2, 0.25) is 0 Å². The molecule has 0 aliphatic heterocycles. The van der Waals surface area contributed by atoms with Crippen molar-refractivity contribution in [3.63, 3.8) is 0 Å². The second-order valence-corrected chi connectivity index (χ2v) is 5.46. The molecule has 1 aromatic heterocycles. The third kappa shape index (κ3) is 3.10. The van der Waals surface area contributed by atoms with Crippen molar-refractivity contribution in [1.82, 2.24) is 10.3 Å². The molecule has 0 fully saturated rings. The van der Waals surface area contributed by atoms with Crippen molar-refractivity contribution < 1.29 is 14.7 Å². The lowest BCUT2D eigenvalue weighted by molar-refractivity contribution is -0.146. The number of para-hydroxylation sites is 1. The molecule has 0 saturated heterocycles. The standard InChI is InChI=1S/C15H16N2O4/c1-15(2,14(20)21)8-16-13(19)11-7-12(18)9-5-3-4-6-10(9)17-11/h3-7H,8H2,1-2H3,(H,16,19)(H,17,18)(H,20,21). The van der Waals surface area contributed by atoms with E-state index >= 15 is 0 Å². The molecule has 6 nitrogen and oxygen atoms in total. The van der Waals surface area contributed by atoms with E-state index in [1.807, 2.05) is 0 Å². The van der Waals surface area contributed by atoms with Crippen molar-refractivity contribution in [2.75, 3.05) is 6.54 Å². The topological polar surface area (TPSA) is 99.3 Å². The van der Waals surface area contributed by atoms with E-state index in [9.17, 15) is 14.4 Å². The number of hydrogen-bond donors (Lipinski definition) is 3. The minimum absolute atomic E-state index is 0.0317. The maximum absolute atomic E-state index is 12.0. The molecule has 1 amide bonds. The van der Waals surface area contributed by atoms with Gasteiger partial charge in [-0.25, -0.2) is 0 Å². The summed E-state index contributed by atoms with van der Waals surface area (Å²) in [6.45, 7) is 2.99. The fourth-order valence-electron chi connectivity index (χ4n) is 1.79. The van der Waals surface area contributed by atoms with Crippen LogP contribution in [-0.2, 0) is 4.79 Å². The summed E-state index contributed by atoms with van der Waals surface area (Å²) in [5.41, 5.74) is -0.660. The normalized spacial score (nSPS) is 11.3. The number of amides is 1. The van der Waals surface area contributed by atoms with Crippen molar-refractivity contribution in [3.05, 3.63) is 46.2 Å². The molecule has 0 saturated carbocycles. The Hall–Kier alpha value is -2.63. The van der Waals surface area contributed by atoms with Crippen LogP contribution in [0.15, 0.2) is 35.1 Å². The van der Waals surface area contributed by atoms with Gasteiger partial charge in [-0.3, -0.25) is 14.4 Å². The summed E-state index contributed by atoms with van der Waals surface area (Å²) in [6.07, 6.45) is 0. The predicted octanol–water partition coefficient (Wildman–Crippen LogP) is 1.37. The summed E-state index contributed by atoms with van der Waals surface area (Å²) in [5, 5.41) is 12.0. The highest BCUT2D eigenvalue weighted by Gasteiger charge is 2.27. The number of H-pyrrole nitrogens is 1. The van der Waals surface area contributed by atoms with E-state index in [1.54, 1.807) is 24.3 Å². The minimum atomic E-state index is -1.08. The first kappa shape index (κ1) is 14.8. The number of pyridine rings is 1. The SMILES string of the molecule is CC(C)(CNC(=O)c1cc(=O)c2ccccc2[nH]1)C(=O)O. The Morgan fingerprint density at radius 3 is 2.62 bits per heavy atom. The minimum Gasteiger partial charge on any atom is -0.481 e. The zero-order valence-electron chi connectivity index (χ0n) is 11.8. The molecule has 2 aromatic rings. The Kier molecular flexibility index (Phi) is 3.80. The van der Waals surface area contributed by atoms with Crippen LogP contribution in [-0.4, -0.2) is 28.5 Å². The number of fused-ring (bicyclic) bond motifs is 1. The van der Waals surface area contributed by atoms with Crippen LogP contribution >= 0.6 is 0 Å². The van der Waals surface area contributed by atoms with E-state index in [0.717, 1.165) is 0 Å². The van der Waals surface area contributed by atoms with Gasteiger partial charge >= 0.3 is 5.97 Å². The first-order valence-electron chi connectivity index (χ1n) is 6.45. The summed E-state index contributed by atoms with van der Waals surface area (Å²) in [7, 11) is 0. The first-order valence-corrected chi connectivity index (χ1v) is 6.45. The smallest absolute Gasteiger partial charge is 0.310 e. The van der Waals surface area contributed by atoms with Gasteiger partial charge in [0, 0.05) is 23.5 Å². The highest BCUT2D eigenvalue weighted by Crippen LogP contribution is 2.13. The number of carboxylic acids is 1. The van der Waals surface area contributed by atoms with Gasteiger partial charge in [-0.2, -0.15) is 0 Å². The molecule has 2 rings (SSSR count). The van der Waals surface area contributed by atoms with Crippen LogP contribution in [0.5, 0.6) is 0 Å². The largest absolute Gasteiger partial charge is 0.481 e. The molecule has 1 heterocycles. The van der Waals surface area contributed by atoms with Gasteiger partial charge in [0.25, 0.3) is 5.91 Å². The van der Waals surface area contributed by atoms with Crippen LogP contribution in [0.1, 0.15) is 24.3 Å². The van der Waals surface area contributed by atoms with Gasteiger partial charge in [0.1, 0.15) is 5.69 Å². The first-order chi connectivity index (χ1) is 9.81. The molecule has 0 spiro atoms. The van der Waals surface area contributed by atoms with Gasteiger partial charge in [-0.1, -0.05) is 12.1 Å². The van der Waals surface area contributed by atoms with Crippen molar-refractivity contribution in [2.45, 2.75) is 13.8 Å². The summed E-state index contributed by atoms with van der Waals surface area (Å²) >= 11 is 0. The van der Waals surface area contributed by atoms with Crippen LogP contribution in [0.3, 0.4) is 0 Å². The van der Waals surface area contributed by atoms with Crippen LogP contribution in [0, 0.1) is 5.41 Å². The molecular formula is C15H16N2O4. The van der Waals surface area contributed by atoms with Crippen molar-refractivity contribution in [2.24, 2.45) is 5.41 Å². The Balaban J connectivity index is 2.24. The number of aliphatic carboxylic acids is 1. The lowest BCUT2D eigenvalue weighted by atomic mass is 9.94. The number of aromatic amines is 1. The van der Waals surface area contributed by atoms with E-state index in [2.05, 4.69) is 10.3 Å². The number of hydrogen-bond acceptors (Lipinski definition) is 3. The second kappa shape index (κ2) is 5.40. The third-order valence-corrected chi connectivity index (χ3v) is 3.25. The number of rotatable bonds is 4. The summed E-state index contributed by atoms with van der Waals surface area (Å²) in [6, 6.07) is 8.09. The Morgan fingerprint density at radius 2 is 1.95 bits per heavy atom. The molecule has 0 aliphatic carbocycles. The fourth-order valence-corrected chi connectivity index (χ4v) is 1.79. The van der Waals surface area contributed by atoms with E-state index in [-0.39, 0.29) is 17.7 Å². The van der Waals surface area contributed by atoms with E-state index in [0.29, 0.717) is 10.9 Å². The van der Waals surface area contributed by atoms with Gasteiger partial charge in [0.15, 0.2) is 5.43 Å². The number of benzene rings is 1. The molecule has 1 aromatic carbocycles. The summed E-state index contributed by atoms with van der Waals surface area (Å²) in [5.74, 6) is -1.51. The van der Waals surface area contributed by atoms with Crippen LogP contribution in [0.4, 0.5) is 0 Å². The van der Waals surface area contributed by atoms with Gasteiger partial charge in [-0.15, -0.1) is 0 Å². The molecule has 21 heavy (non-hydrogen) atoms. The molecule has 110 valence electrons. The van der Waals surface area contributed by atoms with E-state index < -0.39 is 17.3 Å². The van der Waals surface area contributed by atoms with Crippen molar-refractivity contribution in [1.29, 1.82) is 0 Å². The zero-order valence-corrected chi connectivity index (χ0v) is 11.8. The van der Waals surface area contributed by atoms with Crippen molar-refractivity contribution >= 4 is 22.8 Å². The van der Waals surface area contributed by atoms with Gasteiger partial charge < -0.3 is 15.4 Å². The highest BCUT2D eigenvalue weighted by atomic mass is 16.4.